The van der Waals surface area contributed by atoms with E-state index >= 15 is 0 Å². The highest BCUT2D eigenvalue weighted by atomic mass is 79.9. The zero-order chi connectivity index (χ0) is 10.1. The topological polar surface area (TPSA) is 33.9 Å². The maximum Gasteiger partial charge on any atom is 0.177 e. The van der Waals surface area contributed by atoms with Gasteiger partial charge in [-0.1, -0.05) is 0 Å². The number of furan rings is 1. The van der Waals surface area contributed by atoms with Crippen molar-refractivity contribution >= 4 is 28.1 Å². The second-order valence-electron chi connectivity index (χ2n) is 3.13. The molecule has 0 atom stereocenters. The van der Waals surface area contributed by atoms with Crippen LogP contribution in [-0.4, -0.2) is 9.55 Å². The van der Waals surface area contributed by atoms with Gasteiger partial charge in [-0.3, -0.25) is 0 Å². The minimum atomic E-state index is 0.734. The predicted molar refractivity (Wildman–Crippen MR) is 59.9 cm³/mol. The molecule has 0 spiro atoms. The smallest absolute Gasteiger partial charge is 0.177 e. The van der Waals surface area contributed by atoms with Crippen molar-refractivity contribution < 1.29 is 4.42 Å². The number of hydrogen-bond acceptors (Lipinski definition) is 2. The zero-order valence-electron chi connectivity index (χ0n) is 7.58. The monoisotopic (exact) mass is 272 g/mol. The molecule has 74 valence electrons. The summed E-state index contributed by atoms with van der Waals surface area (Å²) < 4.78 is 8.59. The first-order valence-corrected chi connectivity index (χ1v) is 5.34. The Hall–Kier alpha value is -0.810. The molecule has 3 nitrogen and oxygen atoms in total. The van der Waals surface area contributed by atoms with Crippen molar-refractivity contribution in [2.75, 3.05) is 0 Å². The first kappa shape index (κ1) is 9.73. The third kappa shape index (κ3) is 1.99. The van der Waals surface area contributed by atoms with Crippen LogP contribution in [0.1, 0.15) is 11.3 Å². The molecular weight excluding hydrogens is 264 g/mol. The van der Waals surface area contributed by atoms with Crippen LogP contribution in [0, 0.1) is 11.7 Å². The van der Waals surface area contributed by atoms with E-state index in [2.05, 4.69) is 20.9 Å². The molecule has 2 rings (SSSR count). The van der Waals surface area contributed by atoms with Crippen molar-refractivity contribution in [3.05, 3.63) is 39.2 Å². The summed E-state index contributed by atoms with van der Waals surface area (Å²) >= 11 is 8.40. The van der Waals surface area contributed by atoms with Crippen LogP contribution >= 0.6 is 28.1 Å². The van der Waals surface area contributed by atoms with Crippen molar-refractivity contribution in [3.8, 4) is 0 Å². The van der Waals surface area contributed by atoms with Crippen molar-refractivity contribution in [2.24, 2.45) is 0 Å². The summed E-state index contributed by atoms with van der Waals surface area (Å²) in [5.41, 5.74) is 2.16. The SMILES string of the molecule is Cc1cn(Cc2coc(Br)c2)c(=S)[nH]1. The summed E-state index contributed by atoms with van der Waals surface area (Å²) in [6, 6.07) is 1.93. The van der Waals surface area contributed by atoms with E-state index in [1.165, 1.54) is 0 Å². The first-order valence-electron chi connectivity index (χ1n) is 4.14. The fraction of sp³-hybridized carbons (Fsp3) is 0.222. The molecule has 0 aromatic carbocycles. The van der Waals surface area contributed by atoms with Crippen LogP contribution in [0.3, 0.4) is 0 Å². The van der Waals surface area contributed by atoms with Gasteiger partial charge in [0, 0.05) is 17.5 Å². The minimum Gasteiger partial charge on any atom is -0.457 e. The Morgan fingerprint density at radius 2 is 2.43 bits per heavy atom. The Bertz CT molecular complexity index is 497. The lowest BCUT2D eigenvalue weighted by Crippen LogP contribution is -1.96. The molecule has 14 heavy (non-hydrogen) atoms. The number of nitrogens with one attached hydrogen (secondary N) is 1. The lowest BCUT2D eigenvalue weighted by Gasteiger charge is -1.96. The zero-order valence-corrected chi connectivity index (χ0v) is 9.98. The van der Waals surface area contributed by atoms with E-state index in [4.69, 9.17) is 16.6 Å². The van der Waals surface area contributed by atoms with Gasteiger partial charge in [0.15, 0.2) is 9.44 Å². The highest BCUT2D eigenvalue weighted by Gasteiger charge is 2.01. The normalized spacial score (nSPS) is 10.7. The minimum absolute atomic E-state index is 0.734. The lowest BCUT2D eigenvalue weighted by atomic mass is 10.3. The first-order chi connectivity index (χ1) is 6.65. The van der Waals surface area contributed by atoms with E-state index in [1.54, 1.807) is 6.26 Å². The molecule has 0 radical (unpaired) electrons. The van der Waals surface area contributed by atoms with Crippen LogP contribution in [0.25, 0.3) is 0 Å². The molecule has 0 aliphatic carbocycles. The van der Waals surface area contributed by atoms with E-state index in [1.807, 2.05) is 23.8 Å². The van der Waals surface area contributed by atoms with Gasteiger partial charge in [-0.25, -0.2) is 0 Å². The molecule has 0 bridgehead atoms. The van der Waals surface area contributed by atoms with Gasteiger partial charge < -0.3 is 14.0 Å². The Labute approximate surface area is 94.9 Å². The quantitative estimate of drug-likeness (QED) is 0.852. The van der Waals surface area contributed by atoms with Gasteiger partial charge in [-0.15, -0.1) is 0 Å². The van der Waals surface area contributed by atoms with Crippen LogP contribution in [0.5, 0.6) is 0 Å². The molecule has 0 saturated carbocycles. The molecule has 0 amide bonds. The van der Waals surface area contributed by atoms with Crippen molar-refractivity contribution in [2.45, 2.75) is 13.5 Å². The lowest BCUT2D eigenvalue weighted by molar-refractivity contribution is 0.537. The highest BCUT2D eigenvalue weighted by molar-refractivity contribution is 9.10. The van der Waals surface area contributed by atoms with Crippen LogP contribution in [-0.2, 0) is 6.54 Å². The molecule has 2 aromatic heterocycles. The average molecular weight is 273 g/mol. The molecule has 5 heteroatoms. The molecule has 0 aliphatic rings. The summed E-state index contributed by atoms with van der Waals surface area (Å²) in [4.78, 5) is 3.07. The van der Waals surface area contributed by atoms with Gasteiger partial charge in [-0.05, 0) is 41.1 Å². The van der Waals surface area contributed by atoms with Crippen LogP contribution in [0.4, 0.5) is 0 Å². The molecule has 0 aliphatic heterocycles. The summed E-state index contributed by atoms with van der Waals surface area (Å²) in [5.74, 6) is 0. The largest absolute Gasteiger partial charge is 0.457 e. The highest BCUT2D eigenvalue weighted by Crippen LogP contribution is 2.15. The number of halogens is 1. The Morgan fingerprint density at radius 1 is 1.64 bits per heavy atom. The standard InChI is InChI=1S/C9H9BrN2OS/c1-6-3-12(9(14)11-6)4-7-2-8(10)13-5-7/h2-3,5H,4H2,1H3,(H,11,14). The molecule has 0 fully saturated rings. The molecule has 1 N–H and O–H groups in total. The van der Waals surface area contributed by atoms with Gasteiger partial charge >= 0.3 is 0 Å². The number of H-pyrrole nitrogens is 1. The van der Waals surface area contributed by atoms with E-state index in [9.17, 15) is 0 Å². The van der Waals surface area contributed by atoms with E-state index in [-0.39, 0.29) is 0 Å². The predicted octanol–water partition coefficient (Wildman–Crippen LogP) is 3.26. The Kier molecular flexibility index (Phi) is 2.60. The van der Waals surface area contributed by atoms with Crippen molar-refractivity contribution in [1.29, 1.82) is 0 Å². The number of aromatic amines is 1. The third-order valence-electron chi connectivity index (χ3n) is 1.89. The number of imidazole rings is 1. The fourth-order valence-corrected chi connectivity index (χ4v) is 1.97. The van der Waals surface area contributed by atoms with Gasteiger partial charge in [0.1, 0.15) is 0 Å². The van der Waals surface area contributed by atoms with E-state index in [0.29, 0.717) is 0 Å². The summed E-state index contributed by atoms with van der Waals surface area (Å²) in [6.45, 7) is 2.72. The van der Waals surface area contributed by atoms with Crippen molar-refractivity contribution in [1.82, 2.24) is 9.55 Å². The van der Waals surface area contributed by atoms with Gasteiger partial charge in [0.25, 0.3) is 0 Å². The summed E-state index contributed by atoms with van der Waals surface area (Å²) in [7, 11) is 0. The average Bonchev–Trinajstić information content (AvgIpc) is 2.61. The van der Waals surface area contributed by atoms with Crippen LogP contribution in [0.15, 0.2) is 27.6 Å². The molecule has 0 saturated heterocycles. The van der Waals surface area contributed by atoms with E-state index in [0.717, 1.165) is 27.2 Å². The second kappa shape index (κ2) is 3.74. The fourth-order valence-electron chi connectivity index (χ4n) is 1.31. The van der Waals surface area contributed by atoms with Crippen LogP contribution < -0.4 is 0 Å². The van der Waals surface area contributed by atoms with Gasteiger partial charge in [0.05, 0.1) is 12.8 Å². The second-order valence-corrected chi connectivity index (χ2v) is 4.30. The Morgan fingerprint density at radius 3 is 2.93 bits per heavy atom. The number of rotatable bonds is 2. The summed E-state index contributed by atoms with van der Waals surface area (Å²) in [6.07, 6.45) is 3.71. The van der Waals surface area contributed by atoms with Crippen LogP contribution in [0.2, 0.25) is 0 Å². The molecule has 2 heterocycles. The Balaban J connectivity index is 2.26. The number of nitrogens with zero attached hydrogens (tertiary/aromatic N) is 1. The third-order valence-corrected chi connectivity index (χ3v) is 2.64. The number of hydrogen-bond donors (Lipinski definition) is 1. The molecule has 2 aromatic rings. The van der Waals surface area contributed by atoms with Gasteiger partial charge in [-0.2, -0.15) is 0 Å². The van der Waals surface area contributed by atoms with Crippen molar-refractivity contribution in [3.63, 3.8) is 0 Å². The van der Waals surface area contributed by atoms with E-state index < -0.39 is 0 Å². The number of aromatic nitrogens is 2. The maximum absolute atomic E-state index is 5.14. The van der Waals surface area contributed by atoms with Gasteiger partial charge in [0.2, 0.25) is 0 Å². The molecule has 0 unspecified atom stereocenters. The maximum atomic E-state index is 5.14. The molecular formula is C9H9BrN2OS. The number of aryl methyl sites for hydroxylation is 1. The summed E-state index contributed by atoms with van der Waals surface area (Å²) in [5, 5.41) is 0.